The summed E-state index contributed by atoms with van der Waals surface area (Å²) < 4.78 is 5.12. The molecule has 122 valence electrons. The second kappa shape index (κ2) is 9.04. The maximum atomic E-state index is 12.3. The number of ether oxygens (including phenoxy) is 1. The lowest BCUT2D eigenvalue weighted by molar-refractivity contribution is -0.130. The van der Waals surface area contributed by atoms with Gasteiger partial charge in [-0.25, -0.2) is 0 Å². The average molecular weight is 307 g/mol. The van der Waals surface area contributed by atoms with Crippen molar-refractivity contribution >= 4 is 11.8 Å². The number of methoxy groups -OCH3 is 1. The number of carbonyl (C=O) groups is 2. The van der Waals surface area contributed by atoms with Gasteiger partial charge in [0.25, 0.3) is 0 Å². The molecular weight excluding hydrogens is 282 g/mol. The molecule has 1 rings (SSSR count). The van der Waals surface area contributed by atoms with Crippen LogP contribution in [-0.2, 0) is 9.59 Å². The van der Waals surface area contributed by atoms with Crippen LogP contribution in [0.2, 0.25) is 0 Å². The number of amides is 2. The minimum absolute atomic E-state index is 0.00943. The third kappa shape index (κ3) is 5.73. The van der Waals surface area contributed by atoms with E-state index in [9.17, 15) is 9.59 Å². The lowest BCUT2D eigenvalue weighted by Gasteiger charge is -2.22. The van der Waals surface area contributed by atoms with E-state index in [1.807, 2.05) is 31.3 Å². The van der Waals surface area contributed by atoms with Gasteiger partial charge in [0, 0.05) is 27.1 Å². The van der Waals surface area contributed by atoms with E-state index in [4.69, 9.17) is 4.74 Å². The van der Waals surface area contributed by atoms with Crippen molar-refractivity contribution < 1.29 is 14.3 Å². The monoisotopic (exact) mass is 307 g/mol. The lowest BCUT2D eigenvalue weighted by Crippen LogP contribution is -2.36. The Bertz CT molecular complexity index is 488. The zero-order valence-electron chi connectivity index (χ0n) is 13.7. The fourth-order valence-corrected chi connectivity index (χ4v) is 2.07. The van der Waals surface area contributed by atoms with Gasteiger partial charge in [-0.3, -0.25) is 9.59 Å². The van der Waals surface area contributed by atoms with Gasteiger partial charge in [0.2, 0.25) is 11.8 Å². The van der Waals surface area contributed by atoms with Gasteiger partial charge in [0.15, 0.2) is 0 Å². The number of hydrogen-bond acceptors (Lipinski definition) is 4. The van der Waals surface area contributed by atoms with E-state index in [-0.39, 0.29) is 24.3 Å². The number of nitrogens with one attached hydrogen (secondary N) is 2. The number of benzene rings is 1. The minimum atomic E-state index is -0.340. The molecule has 0 fully saturated rings. The molecule has 0 spiro atoms. The highest BCUT2D eigenvalue weighted by Gasteiger charge is 2.19. The second-order valence-electron chi connectivity index (χ2n) is 5.15. The number of rotatable bonds is 8. The summed E-state index contributed by atoms with van der Waals surface area (Å²) in [6.45, 7) is 2.81. The van der Waals surface area contributed by atoms with Crippen LogP contribution in [0.25, 0.3) is 0 Å². The number of carbonyl (C=O) groups excluding carboxylic acids is 2. The maximum absolute atomic E-state index is 12.3. The van der Waals surface area contributed by atoms with Gasteiger partial charge >= 0.3 is 0 Å². The van der Waals surface area contributed by atoms with Gasteiger partial charge in [0.05, 0.1) is 19.6 Å². The molecule has 0 saturated heterocycles. The predicted molar refractivity (Wildman–Crippen MR) is 85.7 cm³/mol. The first-order valence-corrected chi connectivity index (χ1v) is 7.27. The first-order chi connectivity index (χ1) is 10.5. The quantitative estimate of drug-likeness (QED) is 0.750. The van der Waals surface area contributed by atoms with Crippen LogP contribution < -0.4 is 15.4 Å². The molecule has 0 heterocycles. The minimum Gasteiger partial charge on any atom is -0.497 e. The number of likely N-dealkylation sites (N-methyl/N-ethyl adjacent to an activating group) is 2. The summed E-state index contributed by atoms with van der Waals surface area (Å²) in [4.78, 5) is 25.3. The van der Waals surface area contributed by atoms with Gasteiger partial charge in [-0.05, 0) is 24.7 Å². The molecule has 0 aliphatic heterocycles. The standard InChI is InChI=1S/C16H25N3O3/c1-12(20)18-15(11-16(21)19(3)10-9-17-2)13-5-7-14(22-4)8-6-13/h5-8,15,17H,9-11H2,1-4H3,(H,18,20). The highest BCUT2D eigenvalue weighted by molar-refractivity contribution is 5.79. The number of hydrogen-bond donors (Lipinski definition) is 2. The molecule has 0 saturated carbocycles. The Balaban J connectivity index is 2.79. The summed E-state index contributed by atoms with van der Waals surface area (Å²) >= 11 is 0. The largest absolute Gasteiger partial charge is 0.497 e. The Morgan fingerprint density at radius 1 is 1.27 bits per heavy atom. The van der Waals surface area contributed by atoms with E-state index in [0.29, 0.717) is 6.54 Å². The van der Waals surface area contributed by atoms with E-state index in [1.165, 1.54) is 6.92 Å². The van der Waals surface area contributed by atoms with E-state index in [1.54, 1.807) is 19.1 Å². The van der Waals surface area contributed by atoms with Crippen molar-refractivity contribution in [3.63, 3.8) is 0 Å². The Morgan fingerprint density at radius 2 is 1.91 bits per heavy atom. The Morgan fingerprint density at radius 3 is 2.41 bits per heavy atom. The zero-order chi connectivity index (χ0) is 16.5. The third-order valence-electron chi connectivity index (χ3n) is 3.40. The van der Waals surface area contributed by atoms with Gasteiger partial charge in [-0.2, -0.15) is 0 Å². The van der Waals surface area contributed by atoms with Crippen LogP contribution in [0.5, 0.6) is 5.75 Å². The number of nitrogens with zero attached hydrogens (tertiary/aromatic N) is 1. The molecule has 0 aliphatic carbocycles. The highest BCUT2D eigenvalue weighted by atomic mass is 16.5. The molecule has 22 heavy (non-hydrogen) atoms. The van der Waals surface area contributed by atoms with Crippen molar-refractivity contribution in [2.45, 2.75) is 19.4 Å². The van der Waals surface area contributed by atoms with Crippen molar-refractivity contribution in [2.75, 3.05) is 34.3 Å². The Hall–Kier alpha value is -2.08. The summed E-state index contributed by atoms with van der Waals surface area (Å²) in [7, 11) is 5.20. The average Bonchev–Trinajstić information content (AvgIpc) is 2.51. The fraction of sp³-hybridized carbons (Fsp3) is 0.500. The first kappa shape index (κ1) is 18.0. The molecular formula is C16H25N3O3. The third-order valence-corrected chi connectivity index (χ3v) is 3.40. The van der Waals surface area contributed by atoms with Crippen molar-refractivity contribution in [2.24, 2.45) is 0 Å². The molecule has 1 aromatic rings. The van der Waals surface area contributed by atoms with Crippen LogP contribution in [0.1, 0.15) is 24.9 Å². The maximum Gasteiger partial charge on any atom is 0.224 e. The molecule has 6 nitrogen and oxygen atoms in total. The fourth-order valence-electron chi connectivity index (χ4n) is 2.07. The normalized spacial score (nSPS) is 11.6. The first-order valence-electron chi connectivity index (χ1n) is 7.27. The van der Waals surface area contributed by atoms with Crippen LogP contribution in [0.15, 0.2) is 24.3 Å². The molecule has 0 radical (unpaired) electrons. The van der Waals surface area contributed by atoms with E-state index in [0.717, 1.165) is 17.9 Å². The van der Waals surface area contributed by atoms with E-state index >= 15 is 0 Å². The summed E-state index contributed by atoms with van der Waals surface area (Å²) in [6.07, 6.45) is 0.228. The highest BCUT2D eigenvalue weighted by Crippen LogP contribution is 2.21. The molecule has 1 unspecified atom stereocenters. The zero-order valence-corrected chi connectivity index (χ0v) is 13.7. The second-order valence-corrected chi connectivity index (χ2v) is 5.15. The van der Waals surface area contributed by atoms with Crippen molar-refractivity contribution in [1.29, 1.82) is 0 Å². The SMILES string of the molecule is CNCCN(C)C(=O)CC(NC(C)=O)c1ccc(OC)cc1. The smallest absolute Gasteiger partial charge is 0.224 e. The molecule has 0 aromatic heterocycles. The van der Waals surface area contributed by atoms with Crippen molar-refractivity contribution in [1.82, 2.24) is 15.5 Å². The van der Waals surface area contributed by atoms with Crippen LogP contribution in [-0.4, -0.2) is 51.0 Å². The molecule has 2 N–H and O–H groups in total. The van der Waals surface area contributed by atoms with Gasteiger partial charge < -0.3 is 20.3 Å². The van der Waals surface area contributed by atoms with Crippen LogP contribution in [0.4, 0.5) is 0 Å². The van der Waals surface area contributed by atoms with Crippen LogP contribution in [0.3, 0.4) is 0 Å². The molecule has 6 heteroatoms. The van der Waals surface area contributed by atoms with E-state index in [2.05, 4.69) is 10.6 Å². The summed E-state index contributed by atoms with van der Waals surface area (Å²) in [5, 5.41) is 5.84. The summed E-state index contributed by atoms with van der Waals surface area (Å²) in [6, 6.07) is 7.02. The topological polar surface area (TPSA) is 70.7 Å². The van der Waals surface area contributed by atoms with Crippen LogP contribution >= 0.6 is 0 Å². The predicted octanol–water partition coefficient (Wildman–Crippen LogP) is 0.940. The lowest BCUT2D eigenvalue weighted by atomic mass is 10.0. The molecule has 0 aliphatic rings. The Labute approximate surface area is 131 Å². The molecule has 0 bridgehead atoms. The van der Waals surface area contributed by atoms with Crippen LogP contribution in [0, 0.1) is 0 Å². The molecule has 2 amide bonds. The molecule has 1 aromatic carbocycles. The van der Waals surface area contributed by atoms with Gasteiger partial charge in [-0.15, -0.1) is 0 Å². The Kier molecular flexibility index (Phi) is 7.39. The van der Waals surface area contributed by atoms with E-state index < -0.39 is 0 Å². The van der Waals surface area contributed by atoms with Gasteiger partial charge in [0.1, 0.15) is 5.75 Å². The van der Waals surface area contributed by atoms with Gasteiger partial charge in [-0.1, -0.05) is 12.1 Å². The van der Waals surface area contributed by atoms with Crippen molar-refractivity contribution in [3.05, 3.63) is 29.8 Å². The summed E-state index contributed by atoms with van der Waals surface area (Å²) in [5.41, 5.74) is 0.881. The van der Waals surface area contributed by atoms with Crippen molar-refractivity contribution in [3.8, 4) is 5.75 Å². The molecule has 1 atom stereocenters. The summed E-state index contributed by atoms with van der Waals surface area (Å²) in [5.74, 6) is 0.569.